The van der Waals surface area contributed by atoms with Crippen molar-refractivity contribution in [1.82, 2.24) is 0 Å². The molecule has 0 amide bonds. The summed E-state index contributed by atoms with van der Waals surface area (Å²) >= 11 is 7.21. The molecule has 0 radical (unpaired) electrons. The fraction of sp³-hybridized carbons (Fsp3) is 0.833. The highest BCUT2D eigenvalue weighted by molar-refractivity contribution is 8.04. The van der Waals surface area contributed by atoms with Crippen LogP contribution in [0.4, 0.5) is 0 Å². The Morgan fingerprint density at radius 2 is 2.33 bits per heavy atom. The van der Waals surface area contributed by atoms with Crippen LogP contribution >= 0.6 is 23.4 Å². The quantitative estimate of drug-likeness (QED) is 0.436. The molecule has 0 aromatic carbocycles. The first kappa shape index (κ1) is 7.24. The number of thioether (sulfide) groups is 1. The maximum atomic E-state index is 8.30. The Labute approximate surface area is 64.4 Å². The zero-order chi connectivity index (χ0) is 6.69. The van der Waals surface area contributed by atoms with E-state index in [-0.39, 0.29) is 5.38 Å². The van der Waals surface area contributed by atoms with Gasteiger partial charge in [0.1, 0.15) is 5.40 Å². The van der Waals surface area contributed by atoms with Gasteiger partial charge >= 0.3 is 0 Å². The minimum Gasteiger partial charge on any atom is -0.185 e. The van der Waals surface area contributed by atoms with E-state index in [1.807, 2.05) is 0 Å². The first-order chi connectivity index (χ1) is 4.34. The molecule has 0 bridgehead atoms. The number of rotatable bonds is 1. The van der Waals surface area contributed by atoms with E-state index < -0.39 is 0 Å². The SMILES string of the molecule is N#CSC1CCCC1Cl. The second kappa shape index (κ2) is 3.34. The molecule has 0 aromatic rings. The van der Waals surface area contributed by atoms with E-state index in [0.717, 1.165) is 12.8 Å². The molecule has 0 heterocycles. The summed E-state index contributed by atoms with van der Waals surface area (Å²) in [5.74, 6) is 0. The topological polar surface area (TPSA) is 23.8 Å². The van der Waals surface area contributed by atoms with Crippen LogP contribution in [0.25, 0.3) is 0 Å². The highest BCUT2D eigenvalue weighted by Gasteiger charge is 2.25. The zero-order valence-corrected chi connectivity index (χ0v) is 6.58. The number of nitriles is 1. The van der Waals surface area contributed by atoms with Crippen LogP contribution in [0.15, 0.2) is 0 Å². The third kappa shape index (κ3) is 1.77. The molecule has 3 heteroatoms. The average Bonchev–Trinajstić information content (AvgIpc) is 2.18. The molecule has 1 aliphatic carbocycles. The molecule has 1 aliphatic rings. The monoisotopic (exact) mass is 161 g/mol. The van der Waals surface area contributed by atoms with Crippen LogP contribution in [0, 0.1) is 10.7 Å². The number of hydrogen-bond donors (Lipinski definition) is 0. The normalized spacial score (nSPS) is 34.2. The van der Waals surface area contributed by atoms with Gasteiger partial charge in [0.05, 0.1) is 0 Å². The lowest BCUT2D eigenvalue weighted by atomic mass is 10.4. The third-order valence-electron chi connectivity index (χ3n) is 1.58. The summed E-state index contributed by atoms with van der Waals surface area (Å²) in [5, 5.41) is 11.0. The maximum absolute atomic E-state index is 8.30. The van der Waals surface area contributed by atoms with Crippen LogP contribution in [0.2, 0.25) is 0 Å². The molecule has 50 valence electrons. The van der Waals surface area contributed by atoms with Gasteiger partial charge < -0.3 is 0 Å². The summed E-state index contributed by atoms with van der Waals surface area (Å²) in [6, 6.07) is 0. The molecule has 1 fully saturated rings. The van der Waals surface area contributed by atoms with Gasteiger partial charge in [-0.15, -0.1) is 11.6 Å². The van der Waals surface area contributed by atoms with Crippen LogP contribution in [-0.2, 0) is 0 Å². The standard InChI is InChI=1S/C6H8ClNS/c7-5-2-1-3-6(5)9-4-8/h5-6H,1-3H2. The highest BCUT2D eigenvalue weighted by atomic mass is 35.5. The molecule has 0 N–H and O–H groups in total. The summed E-state index contributed by atoms with van der Waals surface area (Å²) in [6.45, 7) is 0. The first-order valence-electron chi connectivity index (χ1n) is 3.03. The van der Waals surface area contributed by atoms with Gasteiger partial charge in [0.15, 0.2) is 0 Å². The van der Waals surface area contributed by atoms with Gasteiger partial charge in [-0.1, -0.05) is 6.42 Å². The van der Waals surface area contributed by atoms with Crippen LogP contribution in [-0.4, -0.2) is 10.6 Å². The lowest BCUT2D eigenvalue weighted by Gasteiger charge is -2.05. The molecule has 0 aliphatic heterocycles. The van der Waals surface area contributed by atoms with Crippen molar-refractivity contribution in [2.75, 3.05) is 0 Å². The molecular weight excluding hydrogens is 154 g/mol. The Morgan fingerprint density at radius 1 is 1.56 bits per heavy atom. The Hall–Kier alpha value is 0.130. The van der Waals surface area contributed by atoms with Gasteiger partial charge in [-0.25, -0.2) is 0 Å². The fourth-order valence-corrected chi connectivity index (χ4v) is 2.22. The molecule has 0 saturated heterocycles. The van der Waals surface area contributed by atoms with Crippen LogP contribution < -0.4 is 0 Å². The van der Waals surface area contributed by atoms with Crippen LogP contribution in [0.3, 0.4) is 0 Å². The van der Waals surface area contributed by atoms with Crippen LogP contribution in [0.1, 0.15) is 19.3 Å². The van der Waals surface area contributed by atoms with Crippen molar-refractivity contribution in [1.29, 1.82) is 5.26 Å². The maximum Gasteiger partial charge on any atom is 0.133 e. The largest absolute Gasteiger partial charge is 0.185 e. The van der Waals surface area contributed by atoms with E-state index in [1.165, 1.54) is 18.2 Å². The van der Waals surface area contributed by atoms with Crippen molar-refractivity contribution in [3.05, 3.63) is 0 Å². The predicted molar refractivity (Wildman–Crippen MR) is 40.5 cm³/mol. The minimum atomic E-state index is 0.245. The number of alkyl halides is 1. The summed E-state index contributed by atoms with van der Waals surface area (Å²) in [4.78, 5) is 0. The van der Waals surface area contributed by atoms with E-state index in [0.29, 0.717) is 5.25 Å². The van der Waals surface area contributed by atoms with E-state index >= 15 is 0 Å². The summed E-state index contributed by atoms with van der Waals surface area (Å²) < 4.78 is 0. The highest BCUT2D eigenvalue weighted by Crippen LogP contribution is 2.32. The summed E-state index contributed by atoms with van der Waals surface area (Å²) in [5.41, 5.74) is 0. The molecule has 2 atom stereocenters. The Morgan fingerprint density at radius 3 is 2.78 bits per heavy atom. The van der Waals surface area contributed by atoms with Crippen molar-refractivity contribution >= 4 is 23.4 Å². The molecule has 1 rings (SSSR count). The predicted octanol–water partition coefficient (Wildman–Crippen LogP) is 2.36. The minimum absolute atomic E-state index is 0.245. The fourth-order valence-electron chi connectivity index (χ4n) is 1.08. The van der Waals surface area contributed by atoms with Gasteiger partial charge in [-0.05, 0) is 24.6 Å². The lowest BCUT2D eigenvalue weighted by molar-refractivity contribution is 0.888. The third-order valence-corrected chi connectivity index (χ3v) is 3.22. The van der Waals surface area contributed by atoms with Crippen molar-refractivity contribution < 1.29 is 0 Å². The van der Waals surface area contributed by atoms with E-state index in [2.05, 4.69) is 5.40 Å². The number of halogens is 1. The molecule has 2 unspecified atom stereocenters. The Balaban J connectivity index is 2.33. The van der Waals surface area contributed by atoms with E-state index in [9.17, 15) is 0 Å². The number of nitrogens with zero attached hydrogens (tertiary/aromatic N) is 1. The molecule has 0 aromatic heterocycles. The molecule has 0 spiro atoms. The van der Waals surface area contributed by atoms with Crippen molar-refractivity contribution in [3.63, 3.8) is 0 Å². The van der Waals surface area contributed by atoms with E-state index in [4.69, 9.17) is 16.9 Å². The van der Waals surface area contributed by atoms with Gasteiger partial charge in [0.25, 0.3) is 0 Å². The molecule has 1 saturated carbocycles. The van der Waals surface area contributed by atoms with Gasteiger partial charge in [-0.2, -0.15) is 5.26 Å². The van der Waals surface area contributed by atoms with Gasteiger partial charge in [-0.3, -0.25) is 0 Å². The van der Waals surface area contributed by atoms with Crippen molar-refractivity contribution in [2.45, 2.75) is 29.9 Å². The Kier molecular flexibility index (Phi) is 2.68. The molecular formula is C6H8ClNS. The summed E-state index contributed by atoms with van der Waals surface area (Å²) in [7, 11) is 0. The van der Waals surface area contributed by atoms with Crippen molar-refractivity contribution in [3.8, 4) is 5.40 Å². The van der Waals surface area contributed by atoms with E-state index in [1.54, 1.807) is 0 Å². The smallest absolute Gasteiger partial charge is 0.133 e. The zero-order valence-electron chi connectivity index (χ0n) is 5.01. The lowest BCUT2D eigenvalue weighted by Crippen LogP contribution is -2.07. The van der Waals surface area contributed by atoms with Crippen molar-refractivity contribution in [2.24, 2.45) is 0 Å². The second-order valence-corrected chi connectivity index (χ2v) is 3.78. The molecule has 1 nitrogen and oxygen atoms in total. The van der Waals surface area contributed by atoms with Gasteiger partial charge in [0.2, 0.25) is 0 Å². The van der Waals surface area contributed by atoms with Crippen LogP contribution in [0.5, 0.6) is 0 Å². The van der Waals surface area contributed by atoms with Gasteiger partial charge in [0, 0.05) is 10.6 Å². The first-order valence-corrected chi connectivity index (χ1v) is 4.35. The number of hydrogen-bond acceptors (Lipinski definition) is 2. The second-order valence-electron chi connectivity index (χ2n) is 2.19. The molecule has 9 heavy (non-hydrogen) atoms. The summed E-state index contributed by atoms with van der Waals surface area (Å²) in [6.07, 6.45) is 3.39. The Bertz CT molecular complexity index is 132. The number of thiocyanates is 1. The average molecular weight is 162 g/mol.